The summed E-state index contributed by atoms with van der Waals surface area (Å²) in [7, 11) is 8.18. The number of rotatable bonds is 9. The van der Waals surface area contributed by atoms with E-state index < -0.39 is 12.1 Å². The Morgan fingerprint density at radius 2 is 1.37 bits per heavy atom. The van der Waals surface area contributed by atoms with Crippen LogP contribution >= 0.6 is 0 Å². The maximum Gasteiger partial charge on any atom is 0.306 e. The SMILES string of the molecule is CN(C)c1ccc2cc3ccc(N(C)C)cc3[n+](CCCCCC(=O)OC3C(=O)CCC3=O)c2c1. The number of unbranched alkanes of at least 4 members (excludes halogenated alkanes) is 2. The first-order valence-electron chi connectivity index (χ1n) is 12.2. The fourth-order valence-electron chi connectivity index (χ4n) is 4.60. The summed E-state index contributed by atoms with van der Waals surface area (Å²) in [5.41, 5.74) is 4.65. The summed E-state index contributed by atoms with van der Waals surface area (Å²) in [6.07, 6.45) is 1.79. The highest BCUT2D eigenvalue weighted by atomic mass is 16.5. The second kappa shape index (κ2) is 10.4. The Hall–Kier alpha value is -3.48. The predicted octanol–water partition coefficient (Wildman–Crippen LogP) is 3.82. The lowest BCUT2D eigenvalue weighted by atomic mass is 10.1. The highest BCUT2D eigenvalue weighted by Crippen LogP contribution is 2.25. The van der Waals surface area contributed by atoms with Crippen molar-refractivity contribution in [2.24, 2.45) is 0 Å². The number of esters is 1. The molecule has 0 saturated heterocycles. The zero-order valence-corrected chi connectivity index (χ0v) is 21.0. The van der Waals surface area contributed by atoms with Gasteiger partial charge in [0.1, 0.15) is 6.54 Å². The Labute approximate surface area is 206 Å². The predicted molar refractivity (Wildman–Crippen MR) is 138 cm³/mol. The third-order valence-electron chi connectivity index (χ3n) is 6.67. The molecular weight excluding hydrogens is 442 g/mol. The molecule has 7 nitrogen and oxygen atoms in total. The first-order valence-corrected chi connectivity index (χ1v) is 12.2. The lowest BCUT2D eigenvalue weighted by Gasteiger charge is -2.15. The lowest BCUT2D eigenvalue weighted by Crippen LogP contribution is -2.36. The van der Waals surface area contributed by atoms with Gasteiger partial charge in [-0.05, 0) is 43.2 Å². The van der Waals surface area contributed by atoms with Crippen molar-refractivity contribution < 1.29 is 23.7 Å². The van der Waals surface area contributed by atoms with E-state index in [1.807, 2.05) is 28.2 Å². The van der Waals surface area contributed by atoms with Crippen molar-refractivity contribution in [1.29, 1.82) is 0 Å². The molecule has 4 rings (SSSR count). The van der Waals surface area contributed by atoms with Crippen LogP contribution in [0.1, 0.15) is 38.5 Å². The molecule has 1 heterocycles. The molecule has 0 spiro atoms. The van der Waals surface area contributed by atoms with Crippen LogP contribution in [0.4, 0.5) is 11.4 Å². The number of hydrogen-bond donors (Lipinski definition) is 0. The van der Waals surface area contributed by atoms with Crippen molar-refractivity contribution in [3.05, 3.63) is 42.5 Å². The Morgan fingerprint density at radius 1 is 0.829 bits per heavy atom. The summed E-state index contributed by atoms with van der Waals surface area (Å²) in [6.45, 7) is 0.816. The summed E-state index contributed by atoms with van der Waals surface area (Å²) < 4.78 is 7.51. The van der Waals surface area contributed by atoms with Crippen LogP contribution in [-0.2, 0) is 25.7 Å². The largest absolute Gasteiger partial charge is 0.446 e. The molecule has 0 bridgehead atoms. The van der Waals surface area contributed by atoms with Crippen molar-refractivity contribution in [1.82, 2.24) is 0 Å². The highest BCUT2D eigenvalue weighted by molar-refractivity contribution is 6.12. The van der Waals surface area contributed by atoms with Crippen LogP contribution in [0.25, 0.3) is 21.8 Å². The van der Waals surface area contributed by atoms with Gasteiger partial charge < -0.3 is 14.5 Å². The number of ketones is 2. The van der Waals surface area contributed by atoms with Crippen LogP contribution in [-0.4, -0.2) is 51.8 Å². The zero-order valence-electron chi connectivity index (χ0n) is 21.0. The summed E-state index contributed by atoms with van der Waals surface area (Å²) in [5.74, 6) is -1.03. The van der Waals surface area contributed by atoms with E-state index in [1.54, 1.807) is 0 Å². The molecule has 184 valence electrons. The van der Waals surface area contributed by atoms with Gasteiger partial charge in [-0.3, -0.25) is 14.4 Å². The molecule has 2 aromatic carbocycles. The molecule has 0 radical (unpaired) electrons. The van der Waals surface area contributed by atoms with Crippen LogP contribution in [0.3, 0.4) is 0 Å². The van der Waals surface area contributed by atoms with E-state index in [0.29, 0.717) is 6.42 Å². The highest BCUT2D eigenvalue weighted by Gasteiger charge is 2.35. The van der Waals surface area contributed by atoms with E-state index in [4.69, 9.17) is 4.74 Å². The second-order valence-electron chi connectivity index (χ2n) is 9.68. The first kappa shape index (κ1) is 24.6. The van der Waals surface area contributed by atoms with Gasteiger partial charge in [0, 0.05) is 88.2 Å². The Bertz CT molecular complexity index is 1200. The van der Waals surface area contributed by atoms with Crippen molar-refractivity contribution in [2.75, 3.05) is 38.0 Å². The number of anilines is 2. The minimum absolute atomic E-state index is 0.179. The van der Waals surface area contributed by atoms with E-state index in [2.05, 4.69) is 56.8 Å². The Balaban J connectivity index is 1.49. The number of ether oxygens (including phenoxy) is 1. The van der Waals surface area contributed by atoms with E-state index in [-0.39, 0.29) is 30.8 Å². The third kappa shape index (κ3) is 5.45. The maximum absolute atomic E-state index is 12.1. The van der Waals surface area contributed by atoms with Crippen LogP contribution in [0.2, 0.25) is 0 Å². The fourth-order valence-corrected chi connectivity index (χ4v) is 4.60. The number of hydrogen-bond acceptors (Lipinski definition) is 6. The number of benzene rings is 2. The van der Waals surface area contributed by atoms with Gasteiger partial charge in [0.05, 0.1) is 0 Å². The minimum atomic E-state index is -1.17. The lowest BCUT2D eigenvalue weighted by molar-refractivity contribution is -0.645. The van der Waals surface area contributed by atoms with Crippen molar-refractivity contribution in [3.63, 3.8) is 0 Å². The van der Waals surface area contributed by atoms with E-state index in [0.717, 1.165) is 30.8 Å². The second-order valence-corrected chi connectivity index (χ2v) is 9.68. The molecule has 0 atom stereocenters. The molecular formula is C28H34N3O4+. The quantitative estimate of drug-likeness (QED) is 0.154. The van der Waals surface area contributed by atoms with Crippen LogP contribution in [0.15, 0.2) is 42.5 Å². The van der Waals surface area contributed by atoms with Gasteiger partial charge in [-0.25, -0.2) is 0 Å². The molecule has 0 aliphatic heterocycles. The molecule has 0 amide bonds. The Kier molecular flexibility index (Phi) is 7.34. The number of carbonyl (C=O) groups is 3. The molecule has 0 unspecified atom stereocenters. The Morgan fingerprint density at radius 3 is 1.89 bits per heavy atom. The van der Waals surface area contributed by atoms with E-state index in [1.165, 1.54) is 21.8 Å². The molecule has 35 heavy (non-hydrogen) atoms. The van der Waals surface area contributed by atoms with E-state index in [9.17, 15) is 14.4 Å². The normalized spacial score (nSPS) is 14.2. The first-order chi connectivity index (χ1) is 16.7. The smallest absolute Gasteiger partial charge is 0.306 e. The molecule has 7 heteroatoms. The summed E-state index contributed by atoms with van der Waals surface area (Å²) in [6, 6.07) is 15.3. The van der Waals surface area contributed by atoms with Crippen molar-refractivity contribution >= 4 is 50.7 Å². The van der Waals surface area contributed by atoms with E-state index >= 15 is 0 Å². The van der Waals surface area contributed by atoms with Crippen molar-refractivity contribution in [2.45, 2.75) is 51.2 Å². The van der Waals surface area contributed by atoms with Gasteiger partial charge in [0.25, 0.3) is 0 Å². The monoisotopic (exact) mass is 476 g/mol. The topological polar surface area (TPSA) is 70.8 Å². The zero-order chi connectivity index (χ0) is 25.1. The maximum atomic E-state index is 12.1. The molecule has 3 aromatic rings. The van der Waals surface area contributed by atoms with Gasteiger partial charge in [-0.1, -0.05) is 0 Å². The number of fused-ring (bicyclic) bond motifs is 2. The molecule has 1 saturated carbocycles. The molecule has 0 N–H and O–H groups in total. The summed E-state index contributed by atoms with van der Waals surface area (Å²) in [4.78, 5) is 39.7. The van der Waals surface area contributed by atoms with Gasteiger partial charge in [0.15, 0.2) is 11.6 Å². The average molecular weight is 477 g/mol. The number of aromatic nitrogens is 1. The van der Waals surface area contributed by atoms with Crippen LogP contribution in [0.5, 0.6) is 0 Å². The molecule has 1 aliphatic carbocycles. The van der Waals surface area contributed by atoms with Gasteiger partial charge in [0.2, 0.25) is 17.1 Å². The molecule has 1 aliphatic rings. The van der Waals surface area contributed by atoms with Crippen LogP contribution in [0, 0.1) is 0 Å². The molecule has 1 aromatic heterocycles. The average Bonchev–Trinajstić information content (AvgIpc) is 3.14. The number of carbonyl (C=O) groups excluding carboxylic acids is 3. The number of pyridine rings is 1. The number of Topliss-reactive ketones (excluding diaryl/α,β-unsaturated/α-hetero) is 2. The summed E-state index contributed by atoms with van der Waals surface area (Å²) in [5, 5.41) is 2.38. The van der Waals surface area contributed by atoms with Crippen molar-refractivity contribution in [3.8, 4) is 0 Å². The van der Waals surface area contributed by atoms with Crippen LogP contribution < -0.4 is 14.4 Å². The number of aryl methyl sites for hydroxylation is 1. The minimum Gasteiger partial charge on any atom is -0.446 e. The summed E-state index contributed by atoms with van der Waals surface area (Å²) >= 11 is 0. The van der Waals surface area contributed by atoms with Gasteiger partial charge in [-0.2, -0.15) is 4.57 Å². The number of nitrogens with zero attached hydrogens (tertiary/aromatic N) is 3. The molecule has 1 fully saturated rings. The van der Waals surface area contributed by atoms with Gasteiger partial charge >= 0.3 is 5.97 Å². The van der Waals surface area contributed by atoms with Gasteiger partial charge in [-0.15, -0.1) is 0 Å². The fraction of sp³-hybridized carbons (Fsp3) is 0.429. The third-order valence-corrected chi connectivity index (χ3v) is 6.67. The standard InChI is InChI=1S/C28H34N3O4/c1-29(2)21-11-9-19-16-20-10-12-22(30(3)4)18-24(20)31(23(19)17-21)15-7-5-6-8-27(34)35-28-25(32)13-14-26(28)33/h9-12,16-18,28H,5-8,13-15H2,1-4H3/q+1.